The molecule has 14 nitrogen and oxygen atoms in total. The average Bonchev–Trinajstić information content (AvgIpc) is 4.23. The first-order valence-electron chi connectivity index (χ1n) is 23.1. The molecule has 3 heterocycles. The first kappa shape index (κ1) is 51.1. The molecule has 3 aliphatic carbocycles. The minimum atomic E-state index is -4.13. The van der Waals surface area contributed by atoms with Crippen LogP contribution in [0.3, 0.4) is 0 Å². The van der Waals surface area contributed by atoms with Crippen LogP contribution in [0, 0.1) is 17.6 Å². The summed E-state index contributed by atoms with van der Waals surface area (Å²) in [6.45, 7) is 2.36. The SMILES string of the molecule is CC(C)(C)S(=O)(=O)Cc1ccccc1-c1ccc2c(=O)n(-c3ccc(Cl)c4c(NS(=O)(=O)C5CC5)nn(CC(F)F)c34)c([C@H](Cc3cc(F)cc(F)c3)NC(=O)Cn3nc(C(F)F)c4c3C(F)(F)[C@@H]3C[C@H]43)nc2c1. The van der Waals surface area contributed by atoms with Gasteiger partial charge in [-0.3, -0.25) is 28.2 Å². The molecule has 4 aromatic carbocycles. The Hall–Kier alpha value is -6.40. The second-order valence-corrected chi connectivity index (χ2v) is 24.8. The number of hydrogen-bond acceptors (Lipinski definition) is 9. The van der Waals surface area contributed by atoms with Crippen LogP contribution < -0.4 is 15.6 Å². The lowest BCUT2D eigenvalue weighted by molar-refractivity contribution is -0.123. The summed E-state index contributed by atoms with van der Waals surface area (Å²) in [5.41, 5.74) is -2.93. The molecule has 74 heavy (non-hydrogen) atoms. The van der Waals surface area contributed by atoms with Crippen molar-refractivity contribution in [3.8, 4) is 16.8 Å². The molecule has 3 aromatic heterocycles. The molecule has 0 aliphatic heterocycles. The fourth-order valence-corrected chi connectivity index (χ4v) is 12.4. The number of fused-ring (bicyclic) bond motifs is 5. The Morgan fingerprint density at radius 1 is 0.919 bits per heavy atom. The summed E-state index contributed by atoms with van der Waals surface area (Å²) in [5.74, 6) is -10.5. The number of carbonyl (C=O) groups is 1. The molecule has 390 valence electrons. The molecule has 10 rings (SSSR count). The van der Waals surface area contributed by atoms with Gasteiger partial charge in [-0.15, -0.1) is 0 Å². The minimum absolute atomic E-state index is 0.0690. The van der Waals surface area contributed by atoms with Gasteiger partial charge in [-0.2, -0.15) is 19.0 Å². The number of halogens is 9. The van der Waals surface area contributed by atoms with Crippen LogP contribution in [-0.2, 0) is 55.8 Å². The van der Waals surface area contributed by atoms with Crippen molar-refractivity contribution in [1.29, 1.82) is 0 Å². The van der Waals surface area contributed by atoms with Gasteiger partial charge in [0.05, 0.1) is 54.3 Å². The van der Waals surface area contributed by atoms with E-state index in [2.05, 4.69) is 20.2 Å². The van der Waals surface area contributed by atoms with Crippen LogP contribution in [-0.4, -0.2) is 68.3 Å². The molecule has 2 fully saturated rings. The molecule has 7 aromatic rings. The van der Waals surface area contributed by atoms with E-state index in [4.69, 9.17) is 16.6 Å². The van der Waals surface area contributed by atoms with E-state index in [0.717, 1.165) is 21.4 Å². The summed E-state index contributed by atoms with van der Waals surface area (Å²) in [6, 6.07) is 13.9. The summed E-state index contributed by atoms with van der Waals surface area (Å²) in [6.07, 6.45) is -6.51. The number of sulfonamides is 1. The fraction of sp³-hybridized carbons (Fsp3) is 0.367. The predicted octanol–water partition coefficient (Wildman–Crippen LogP) is 9.66. The van der Waals surface area contributed by atoms with E-state index in [-0.39, 0.29) is 50.1 Å². The molecule has 0 spiro atoms. The van der Waals surface area contributed by atoms with Crippen LogP contribution in [0.25, 0.3) is 38.6 Å². The van der Waals surface area contributed by atoms with Crippen LogP contribution in [0.1, 0.15) is 92.3 Å². The minimum Gasteiger partial charge on any atom is -0.344 e. The summed E-state index contributed by atoms with van der Waals surface area (Å²) in [4.78, 5) is 34.7. The Labute approximate surface area is 421 Å². The normalized spacial score (nSPS) is 17.8. The predicted molar refractivity (Wildman–Crippen MR) is 258 cm³/mol. The Balaban J connectivity index is 1.20. The maximum atomic E-state index is 15.7. The monoisotopic (exact) mass is 1090 g/mol. The topological polar surface area (TPSA) is 180 Å². The summed E-state index contributed by atoms with van der Waals surface area (Å²) < 4.78 is 176. The van der Waals surface area contributed by atoms with E-state index in [1.54, 1.807) is 45.0 Å². The van der Waals surface area contributed by atoms with Crippen molar-refractivity contribution in [3.63, 3.8) is 0 Å². The van der Waals surface area contributed by atoms with Crippen LogP contribution in [0.15, 0.2) is 77.6 Å². The van der Waals surface area contributed by atoms with Gasteiger partial charge in [0.25, 0.3) is 24.3 Å². The van der Waals surface area contributed by atoms with Crippen molar-refractivity contribution in [2.45, 2.75) is 106 Å². The highest BCUT2D eigenvalue weighted by Crippen LogP contribution is 2.68. The number of amides is 1. The number of anilines is 1. The fourth-order valence-electron chi connectivity index (χ4n) is 9.68. The van der Waals surface area contributed by atoms with Gasteiger partial charge in [0, 0.05) is 24.0 Å². The van der Waals surface area contributed by atoms with Crippen LogP contribution in [0.5, 0.6) is 0 Å². The number of sulfone groups is 1. The molecule has 0 bridgehead atoms. The molecule has 3 aliphatic rings. The Morgan fingerprint density at radius 3 is 2.28 bits per heavy atom. The number of rotatable bonds is 16. The quantitative estimate of drug-likeness (QED) is 0.0892. The van der Waals surface area contributed by atoms with E-state index < -0.39 is 138 Å². The maximum Gasteiger partial charge on any atom is 0.293 e. The number of alkyl halides is 6. The third-order valence-corrected chi connectivity index (χ3v) is 18.2. The van der Waals surface area contributed by atoms with Gasteiger partial charge < -0.3 is 5.32 Å². The number of hydrogen-bond donors (Lipinski definition) is 2. The molecule has 3 atom stereocenters. The number of carbonyl (C=O) groups excluding carboxylic acids is 1. The summed E-state index contributed by atoms with van der Waals surface area (Å²) >= 11 is 6.71. The van der Waals surface area contributed by atoms with Gasteiger partial charge in [-0.1, -0.05) is 41.9 Å². The smallest absolute Gasteiger partial charge is 0.293 e. The van der Waals surface area contributed by atoms with Gasteiger partial charge in [0.2, 0.25) is 15.9 Å². The lowest BCUT2D eigenvalue weighted by Gasteiger charge is -2.24. The zero-order valence-electron chi connectivity index (χ0n) is 39.2. The second-order valence-electron chi connectivity index (χ2n) is 19.7. The Morgan fingerprint density at radius 2 is 1.62 bits per heavy atom. The highest BCUT2D eigenvalue weighted by Gasteiger charge is 2.67. The third kappa shape index (κ3) is 9.19. The van der Waals surface area contributed by atoms with Crippen LogP contribution in [0.4, 0.5) is 40.9 Å². The first-order valence-corrected chi connectivity index (χ1v) is 26.7. The molecule has 25 heteroatoms. The summed E-state index contributed by atoms with van der Waals surface area (Å²) in [5, 5.41) is 9.07. The largest absolute Gasteiger partial charge is 0.344 e. The van der Waals surface area contributed by atoms with Crippen molar-refractivity contribution in [3.05, 3.63) is 134 Å². The van der Waals surface area contributed by atoms with E-state index in [1.165, 1.54) is 30.3 Å². The van der Waals surface area contributed by atoms with Gasteiger partial charge in [0.1, 0.15) is 41.9 Å². The number of aromatic nitrogens is 6. The van der Waals surface area contributed by atoms with E-state index >= 15 is 13.6 Å². The average molecular weight is 1090 g/mol. The molecule has 1 amide bonds. The third-order valence-electron chi connectivity index (χ3n) is 13.5. The second kappa shape index (κ2) is 18.2. The van der Waals surface area contributed by atoms with Crippen molar-refractivity contribution < 1.29 is 56.8 Å². The van der Waals surface area contributed by atoms with Gasteiger partial charge in [-0.05, 0) is 105 Å². The first-order chi connectivity index (χ1) is 34.7. The Bertz CT molecular complexity index is 3740. The molecule has 2 N–H and O–H groups in total. The van der Waals surface area contributed by atoms with Crippen molar-refractivity contribution in [1.82, 2.24) is 34.4 Å². The zero-order chi connectivity index (χ0) is 53.1. The molecule has 0 radical (unpaired) electrons. The van der Waals surface area contributed by atoms with Gasteiger partial charge >= 0.3 is 0 Å². The van der Waals surface area contributed by atoms with Gasteiger partial charge in [-0.25, -0.2) is 48.2 Å². The maximum absolute atomic E-state index is 15.7. The molecule has 0 unspecified atom stereocenters. The van der Waals surface area contributed by atoms with Crippen LogP contribution >= 0.6 is 11.6 Å². The standard InChI is InChI=1S/C49H43ClF8N8O6S2/c1-48(2,3)73(69,70)22-25-6-4-5-7-29(25)24-8-11-30-34(17-24)60-46(66(47(30)68)36-13-12-33(50)40-42(36)64(20-37(53)54)62-45(40)63-74(71,72)28-9-10-28)35(16-23-14-26(51)18-27(52)15-23)59-38(67)21-65-43-39(41(61-65)44(55)56)31-19-32(31)49(43,57)58/h4-8,11-15,17-18,28,31-32,35,37,44H,9-10,16,19-22H2,1-3H3,(H,59,67)(H,62,63)/t31-,32+,35-/m0/s1. The van der Waals surface area contributed by atoms with E-state index in [0.29, 0.717) is 40.3 Å². The van der Waals surface area contributed by atoms with E-state index in [1.807, 2.05) is 0 Å². The molecular weight excluding hydrogens is 1050 g/mol. The zero-order valence-corrected chi connectivity index (χ0v) is 41.6. The lowest BCUT2D eigenvalue weighted by Crippen LogP contribution is -2.38. The number of nitrogens with zero attached hydrogens (tertiary/aromatic N) is 6. The van der Waals surface area contributed by atoms with E-state index in [9.17, 15) is 48.0 Å². The van der Waals surface area contributed by atoms with Crippen molar-refractivity contribution >= 4 is 65.0 Å². The highest BCUT2D eigenvalue weighted by atomic mass is 35.5. The van der Waals surface area contributed by atoms with Crippen LogP contribution in [0.2, 0.25) is 5.02 Å². The lowest BCUT2D eigenvalue weighted by atomic mass is 9.99. The highest BCUT2D eigenvalue weighted by molar-refractivity contribution is 7.93. The van der Waals surface area contributed by atoms with Crippen molar-refractivity contribution in [2.24, 2.45) is 5.92 Å². The summed E-state index contributed by atoms with van der Waals surface area (Å²) in [7, 11) is -7.89. The molecular formula is C49H43ClF8N8O6S2. The van der Waals surface area contributed by atoms with Gasteiger partial charge in [0.15, 0.2) is 15.7 Å². The number of nitrogens with one attached hydrogen (secondary N) is 2. The molecule has 0 saturated heterocycles. The van der Waals surface area contributed by atoms with Crippen molar-refractivity contribution in [2.75, 3.05) is 4.72 Å². The Kier molecular flexibility index (Phi) is 12.5. The molecule has 2 saturated carbocycles. The number of benzene rings is 4.